The van der Waals surface area contributed by atoms with Crippen LogP contribution in [0.3, 0.4) is 0 Å². The molecule has 2 saturated heterocycles. The first-order valence-corrected chi connectivity index (χ1v) is 7.28. The van der Waals surface area contributed by atoms with Crippen LogP contribution in [0.4, 0.5) is 5.69 Å². The van der Waals surface area contributed by atoms with Crippen LogP contribution >= 0.6 is 11.6 Å². The molecule has 2 fully saturated rings. The van der Waals surface area contributed by atoms with Gasteiger partial charge in [0, 0.05) is 22.6 Å². The van der Waals surface area contributed by atoms with E-state index in [9.17, 15) is 14.7 Å². The van der Waals surface area contributed by atoms with Crippen LogP contribution in [-0.4, -0.2) is 24.1 Å². The number of halogens is 1. The summed E-state index contributed by atoms with van der Waals surface area (Å²) in [7, 11) is 0. The molecular weight excluding hydrogens is 294 g/mol. The number of rotatable bonds is 3. The Morgan fingerprint density at radius 2 is 1.95 bits per heavy atom. The number of carboxylic acid groups (broad SMARTS) is 1. The number of benzene rings is 1. The lowest BCUT2D eigenvalue weighted by Crippen LogP contribution is -2.46. The summed E-state index contributed by atoms with van der Waals surface area (Å²) in [6.45, 7) is 1.85. The zero-order valence-corrected chi connectivity index (χ0v) is 12.2. The van der Waals surface area contributed by atoms with E-state index in [1.54, 1.807) is 18.2 Å². The SMILES string of the molecule is Cc1ccc(Cl)cc1NC(=O)[C@@H]1[C@@H](C(=O)[O-])[C@H]2CC[C@@H]1O2. The van der Waals surface area contributed by atoms with Gasteiger partial charge in [-0.3, -0.25) is 4.79 Å². The zero-order chi connectivity index (χ0) is 15.1. The second-order valence-electron chi connectivity index (χ2n) is 5.61. The minimum absolute atomic E-state index is 0.336. The second kappa shape index (κ2) is 5.31. The van der Waals surface area contributed by atoms with Crippen molar-refractivity contribution in [2.45, 2.75) is 32.0 Å². The molecule has 1 amide bonds. The summed E-state index contributed by atoms with van der Waals surface area (Å²) in [6.07, 6.45) is 0.637. The minimum Gasteiger partial charge on any atom is -0.550 e. The topological polar surface area (TPSA) is 78.5 Å². The molecule has 0 spiro atoms. The van der Waals surface area contributed by atoms with Crippen LogP contribution in [0.25, 0.3) is 0 Å². The van der Waals surface area contributed by atoms with Crippen LogP contribution in [0, 0.1) is 18.8 Å². The molecule has 0 aromatic heterocycles. The lowest BCUT2D eigenvalue weighted by atomic mass is 9.78. The van der Waals surface area contributed by atoms with Gasteiger partial charge in [-0.25, -0.2) is 0 Å². The van der Waals surface area contributed by atoms with Gasteiger partial charge < -0.3 is 20.0 Å². The molecule has 112 valence electrons. The highest BCUT2D eigenvalue weighted by molar-refractivity contribution is 6.31. The predicted molar refractivity (Wildman–Crippen MR) is 74.7 cm³/mol. The average Bonchev–Trinajstić information content (AvgIpc) is 3.03. The van der Waals surface area contributed by atoms with Crippen LogP contribution < -0.4 is 10.4 Å². The zero-order valence-electron chi connectivity index (χ0n) is 11.5. The van der Waals surface area contributed by atoms with Crippen LogP contribution in [0.2, 0.25) is 5.02 Å². The number of hydrogen-bond donors (Lipinski definition) is 1. The Morgan fingerprint density at radius 3 is 2.62 bits per heavy atom. The molecule has 2 bridgehead atoms. The molecule has 6 heteroatoms. The maximum Gasteiger partial charge on any atom is 0.230 e. The van der Waals surface area contributed by atoms with Gasteiger partial charge >= 0.3 is 0 Å². The van der Waals surface area contributed by atoms with Crippen molar-refractivity contribution in [3.63, 3.8) is 0 Å². The van der Waals surface area contributed by atoms with Crippen LogP contribution in [0.1, 0.15) is 18.4 Å². The van der Waals surface area contributed by atoms with E-state index in [4.69, 9.17) is 16.3 Å². The number of aliphatic carboxylic acids is 1. The summed E-state index contributed by atoms with van der Waals surface area (Å²) in [5.74, 6) is -3.14. The summed E-state index contributed by atoms with van der Waals surface area (Å²) in [5.41, 5.74) is 1.45. The van der Waals surface area contributed by atoms with Gasteiger partial charge in [-0.2, -0.15) is 0 Å². The van der Waals surface area contributed by atoms with Crippen LogP contribution in [0.5, 0.6) is 0 Å². The molecule has 21 heavy (non-hydrogen) atoms. The number of fused-ring (bicyclic) bond motifs is 2. The molecule has 2 aliphatic heterocycles. The number of carbonyl (C=O) groups excluding carboxylic acids is 2. The molecule has 0 saturated carbocycles. The quantitative estimate of drug-likeness (QED) is 0.908. The summed E-state index contributed by atoms with van der Waals surface area (Å²) < 4.78 is 5.56. The fourth-order valence-corrected chi connectivity index (χ4v) is 3.43. The third kappa shape index (κ3) is 2.51. The molecule has 0 unspecified atom stereocenters. The third-order valence-electron chi connectivity index (χ3n) is 4.31. The number of carboxylic acids is 1. The Bertz CT molecular complexity index is 603. The number of hydrogen-bond acceptors (Lipinski definition) is 4. The molecule has 1 N–H and O–H groups in total. The molecule has 5 nitrogen and oxygen atoms in total. The number of nitrogens with one attached hydrogen (secondary N) is 1. The van der Waals surface area contributed by atoms with Crippen molar-refractivity contribution in [3.8, 4) is 0 Å². The average molecular weight is 309 g/mol. The predicted octanol–water partition coefficient (Wildman–Crippen LogP) is 1.13. The highest BCUT2D eigenvalue weighted by Gasteiger charge is 2.52. The van der Waals surface area contributed by atoms with Gasteiger partial charge in [0.15, 0.2) is 0 Å². The van der Waals surface area contributed by atoms with Gasteiger partial charge in [-0.1, -0.05) is 17.7 Å². The van der Waals surface area contributed by atoms with Crippen molar-refractivity contribution >= 4 is 29.2 Å². The number of anilines is 1. The van der Waals surface area contributed by atoms with E-state index < -0.39 is 23.9 Å². The smallest absolute Gasteiger partial charge is 0.230 e. The normalized spacial score (nSPS) is 30.4. The fraction of sp³-hybridized carbons (Fsp3) is 0.467. The number of ether oxygens (including phenoxy) is 1. The molecule has 3 rings (SSSR count). The van der Waals surface area contributed by atoms with Gasteiger partial charge in [0.25, 0.3) is 0 Å². The molecule has 1 aromatic carbocycles. The minimum atomic E-state index is -1.22. The van der Waals surface area contributed by atoms with Crippen molar-refractivity contribution in [3.05, 3.63) is 28.8 Å². The molecule has 2 aliphatic rings. The molecule has 2 heterocycles. The maximum absolute atomic E-state index is 12.5. The first-order valence-electron chi connectivity index (χ1n) is 6.90. The monoisotopic (exact) mass is 308 g/mol. The highest BCUT2D eigenvalue weighted by Crippen LogP contribution is 2.43. The van der Waals surface area contributed by atoms with Crippen molar-refractivity contribution in [1.29, 1.82) is 0 Å². The van der Waals surface area contributed by atoms with E-state index in [0.717, 1.165) is 5.56 Å². The van der Waals surface area contributed by atoms with E-state index in [0.29, 0.717) is 23.6 Å². The van der Waals surface area contributed by atoms with E-state index in [1.165, 1.54) is 0 Å². The first kappa shape index (κ1) is 14.4. The van der Waals surface area contributed by atoms with Gasteiger partial charge in [-0.05, 0) is 37.5 Å². The first-order chi connectivity index (χ1) is 9.97. The number of amides is 1. The lowest BCUT2D eigenvalue weighted by Gasteiger charge is -2.27. The van der Waals surface area contributed by atoms with Crippen LogP contribution in [-0.2, 0) is 14.3 Å². The summed E-state index contributed by atoms with van der Waals surface area (Å²) in [4.78, 5) is 23.7. The van der Waals surface area contributed by atoms with Crippen LogP contribution in [0.15, 0.2) is 18.2 Å². The van der Waals surface area contributed by atoms with Crippen molar-refractivity contribution < 1.29 is 19.4 Å². The number of aryl methyl sites for hydroxylation is 1. The van der Waals surface area contributed by atoms with E-state index in [1.807, 2.05) is 6.92 Å². The Labute approximate surface area is 127 Å². The molecule has 1 aromatic rings. The molecule has 0 radical (unpaired) electrons. The Balaban J connectivity index is 1.81. The summed E-state index contributed by atoms with van der Waals surface area (Å²) in [6, 6.07) is 5.18. The van der Waals surface area contributed by atoms with Crippen molar-refractivity contribution in [2.24, 2.45) is 11.8 Å². The van der Waals surface area contributed by atoms with Gasteiger partial charge in [0.2, 0.25) is 5.91 Å². The highest BCUT2D eigenvalue weighted by atomic mass is 35.5. The molecular formula is C15H15ClNO4-. The summed E-state index contributed by atoms with van der Waals surface area (Å²) >= 11 is 5.92. The Hall–Kier alpha value is -1.59. The lowest BCUT2D eigenvalue weighted by molar-refractivity contribution is -0.313. The standard InChI is InChI=1S/C15H16ClNO4/c1-7-2-3-8(16)6-9(7)17-14(18)12-10-4-5-11(21-10)13(12)15(19)20/h2-3,6,10-13H,4-5H2,1H3,(H,17,18)(H,19,20)/p-1/t10-,11+,12-,13-/m0/s1. The van der Waals surface area contributed by atoms with Gasteiger partial charge in [-0.15, -0.1) is 0 Å². The van der Waals surface area contributed by atoms with Crippen molar-refractivity contribution in [1.82, 2.24) is 0 Å². The van der Waals surface area contributed by atoms with E-state index >= 15 is 0 Å². The number of carbonyl (C=O) groups is 2. The van der Waals surface area contributed by atoms with E-state index in [-0.39, 0.29) is 12.0 Å². The van der Waals surface area contributed by atoms with E-state index in [2.05, 4.69) is 5.32 Å². The van der Waals surface area contributed by atoms with Crippen molar-refractivity contribution in [2.75, 3.05) is 5.32 Å². The maximum atomic E-state index is 12.5. The van der Waals surface area contributed by atoms with Gasteiger partial charge in [0.1, 0.15) is 0 Å². The molecule has 4 atom stereocenters. The second-order valence-corrected chi connectivity index (χ2v) is 6.05. The Morgan fingerprint density at radius 1 is 1.29 bits per heavy atom. The van der Waals surface area contributed by atoms with Gasteiger partial charge in [0.05, 0.1) is 18.1 Å². The fourth-order valence-electron chi connectivity index (χ4n) is 3.26. The third-order valence-corrected chi connectivity index (χ3v) is 4.54. The summed E-state index contributed by atoms with van der Waals surface area (Å²) in [5, 5.41) is 14.6. The Kier molecular flexibility index (Phi) is 3.63. The molecule has 0 aliphatic carbocycles. The largest absolute Gasteiger partial charge is 0.550 e.